The molecule has 0 radical (unpaired) electrons. The molecule has 30 heavy (non-hydrogen) atoms. The Bertz CT molecular complexity index is 1130. The molecule has 1 N–H and O–H groups in total. The second kappa shape index (κ2) is 9.36. The first-order valence-electron chi connectivity index (χ1n) is 9.20. The van der Waals surface area contributed by atoms with Crippen LogP contribution in [0.15, 0.2) is 67.9 Å². The van der Waals surface area contributed by atoms with Gasteiger partial charge in [0, 0.05) is 23.2 Å². The van der Waals surface area contributed by atoms with Crippen LogP contribution in [0.4, 0.5) is 4.39 Å². The molecule has 5 nitrogen and oxygen atoms in total. The van der Waals surface area contributed by atoms with Gasteiger partial charge in [-0.3, -0.25) is 14.2 Å². The summed E-state index contributed by atoms with van der Waals surface area (Å²) < 4.78 is 15.5. The zero-order valence-electron chi connectivity index (χ0n) is 15.7. The lowest BCUT2D eigenvalue weighted by Crippen LogP contribution is -2.27. The van der Waals surface area contributed by atoms with E-state index in [0.29, 0.717) is 22.3 Å². The van der Waals surface area contributed by atoms with Gasteiger partial charge in [0.2, 0.25) is 5.91 Å². The fraction of sp³-hybridized carbons (Fsp3) is 0.190. The number of carbonyl (C=O) groups excluding carboxylic acids is 1. The third-order valence-electron chi connectivity index (χ3n) is 4.49. The zero-order valence-corrected chi connectivity index (χ0v) is 18.9. The highest BCUT2D eigenvalue weighted by Gasteiger charge is 2.23. The summed E-state index contributed by atoms with van der Waals surface area (Å²) in [6.45, 7) is 0.313. The van der Waals surface area contributed by atoms with E-state index < -0.39 is 0 Å². The first-order valence-corrected chi connectivity index (χ1v) is 12.0. The molecule has 154 valence electrons. The molecule has 3 aromatic rings. The topological polar surface area (TPSA) is 64.0 Å². The summed E-state index contributed by atoms with van der Waals surface area (Å²) in [7, 11) is 0. The van der Waals surface area contributed by atoms with Crippen molar-refractivity contribution in [1.29, 1.82) is 0 Å². The molecule has 1 amide bonds. The van der Waals surface area contributed by atoms with E-state index in [4.69, 9.17) is 0 Å². The van der Waals surface area contributed by atoms with Gasteiger partial charge in [-0.15, -0.1) is 11.8 Å². The van der Waals surface area contributed by atoms with Crippen LogP contribution in [0.25, 0.3) is 5.69 Å². The first-order chi connectivity index (χ1) is 14.5. The van der Waals surface area contributed by atoms with E-state index in [1.54, 1.807) is 16.7 Å². The minimum absolute atomic E-state index is 0.0981. The Labute approximate surface area is 189 Å². The molecule has 1 aliphatic rings. The number of fused-ring (bicyclic) bond motifs is 1. The average molecular weight is 506 g/mol. The van der Waals surface area contributed by atoms with Crippen LogP contribution in [-0.4, -0.2) is 27.0 Å². The normalized spacial score (nSPS) is 12.6. The van der Waals surface area contributed by atoms with Gasteiger partial charge < -0.3 is 5.32 Å². The van der Waals surface area contributed by atoms with E-state index in [0.717, 1.165) is 27.9 Å². The largest absolute Gasteiger partial charge is 0.351 e. The number of hydrogen-bond donors (Lipinski definition) is 1. The molecule has 9 heteroatoms. The van der Waals surface area contributed by atoms with E-state index in [9.17, 15) is 14.0 Å². The third kappa shape index (κ3) is 4.79. The number of hydrogen-bond acceptors (Lipinski definition) is 5. The van der Waals surface area contributed by atoms with Gasteiger partial charge in [0.25, 0.3) is 5.56 Å². The number of halogens is 2. The number of thioether (sulfide) groups is 2. The predicted octanol–water partition coefficient (Wildman–Crippen LogP) is 4.19. The highest BCUT2D eigenvalue weighted by atomic mass is 79.9. The number of aryl methyl sites for hydroxylation is 1. The van der Waals surface area contributed by atoms with Crippen LogP contribution in [0, 0.1) is 5.82 Å². The molecule has 1 aromatic heterocycles. The Morgan fingerprint density at radius 3 is 2.67 bits per heavy atom. The standard InChI is InChI=1S/C21H17BrFN3O2S2/c22-14-3-7-16(8-4-14)26-20(28)19-17(9-10-29-19)25-21(26)30-12-18(27)24-11-13-1-5-15(23)6-2-13/h1-8H,9-12H2,(H,24,27). The summed E-state index contributed by atoms with van der Waals surface area (Å²) in [6, 6.07) is 13.4. The van der Waals surface area contributed by atoms with Crippen LogP contribution in [0.5, 0.6) is 0 Å². The molecule has 0 bridgehead atoms. The average Bonchev–Trinajstić information content (AvgIpc) is 3.22. The summed E-state index contributed by atoms with van der Waals surface area (Å²) in [6.07, 6.45) is 0.751. The molecular formula is C21H17BrFN3O2S2. The monoisotopic (exact) mass is 505 g/mol. The number of amides is 1. The highest BCUT2D eigenvalue weighted by molar-refractivity contribution is 9.10. The Morgan fingerprint density at radius 2 is 1.93 bits per heavy atom. The van der Waals surface area contributed by atoms with Crippen molar-refractivity contribution in [2.45, 2.75) is 23.0 Å². The molecular weight excluding hydrogens is 489 g/mol. The molecule has 0 saturated heterocycles. The van der Waals surface area contributed by atoms with Gasteiger partial charge in [-0.2, -0.15) is 0 Å². The van der Waals surface area contributed by atoms with Crippen LogP contribution in [0.1, 0.15) is 11.3 Å². The molecule has 0 aliphatic carbocycles. The van der Waals surface area contributed by atoms with Crippen molar-refractivity contribution in [2.24, 2.45) is 0 Å². The fourth-order valence-corrected chi connectivity index (χ4v) is 5.14. The summed E-state index contributed by atoms with van der Waals surface area (Å²) >= 11 is 6.17. The Balaban J connectivity index is 1.52. The van der Waals surface area contributed by atoms with Crippen molar-refractivity contribution in [3.63, 3.8) is 0 Å². The van der Waals surface area contributed by atoms with Crippen molar-refractivity contribution in [1.82, 2.24) is 14.9 Å². The molecule has 0 saturated carbocycles. The van der Waals surface area contributed by atoms with Crippen LogP contribution < -0.4 is 10.9 Å². The number of rotatable bonds is 6. The maximum absolute atomic E-state index is 13.1. The van der Waals surface area contributed by atoms with Crippen LogP contribution in [-0.2, 0) is 17.8 Å². The van der Waals surface area contributed by atoms with Gasteiger partial charge in [-0.05, 0) is 42.0 Å². The van der Waals surface area contributed by atoms with E-state index in [-0.39, 0.29) is 23.0 Å². The molecule has 4 rings (SSSR count). The highest BCUT2D eigenvalue weighted by Crippen LogP contribution is 2.30. The lowest BCUT2D eigenvalue weighted by molar-refractivity contribution is -0.118. The van der Waals surface area contributed by atoms with Gasteiger partial charge in [0.1, 0.15) is 5.82 Å². The summed E-state index contributed by atoms with van der Waals surface area (Å²) in [5.41, 5.74) is 2.22. The minimum atomic E-state index is -0.313. The molecule has 1 aliphatic heterocycles. The molecule has 0 atom stereocenters. The Morgan fingerprint density at radius 1 is 1.20 bits per heavy atom. The Kier molecular flexibility index (Phi) is 6.60. The first kappa shape index (κ1) is 21.1. The molecule has 2 aromatic carbocycles. The third-order valence-corrected chi connectivity index (χ3v) is 7.06. The molecule has 2 heterocycles. The second-order valence-corrected chi connectivity index (χ2v) is 9.54. The van der Waals surface area contributed by atoms with E-state index in [1.165, 1.54) is 35.7 Å². The quantitative estimate of drug-likeness (QED) is 0.401. The van der Waals surface area contributed by atoms with Gasteiger partial charge in [-0.1, -0.05) is 39.8 Å². The number of carbonyl (C=O) groups is 1. The summed E-state index contributed by atoms with van der Waals surface area (Å²) in [5, 5.41) is 3.32. The maximum Gasteiger partial charge on any atom is 0.272 e. The van der Waals surface area contributed by atoms with Crippen LogP contribution in [0.2, 0.25) is 0 Å². The van der Waals surface area contributed by atoms with Gasteiger partial charge in [-0.25, -0.2) is 9.37 Å². The van der Waals surface area contributed by atoms with Crippen molar-refractivity contribution >= 4 is 45.4 Å². The molecule has 0 unspecified atom stereocenters. The number of nitrogens with zero attached hydrogens (tertiary/aromatic N) is 2. The maximum atomic E-state index is 13.1. The van der Waals surface area contributed by atoms with Gasteiger partial charge in [0.05, 0.1) is 22.0 Å². The second-order valence-electron chi connectivity index (χ2n) is 6.58. The van der Waals surface area contributed by atoms with Crippen molar-refractivity contribution in [3.05, 3.63) is 80.4 Å². The van der Waals surface area contributed by atoms with Crippen LogP contribution >= 0.6 is 39.5 Å². The van der Waals surface area contributed by atoms with E-state index >= 15 is 0 Å². The predicted molar refractivity (Wildman–Crippen MR) is 121 cm³/mol. The van der Waals surface area contributed by atoms with Crippen LogP contribution in [0.3, 0.4) is 0 Å². The van der Waals surface area contributed by atoms with Gasteiger partial charge in [0.15, 0.2) is 5.16 Å². The van der Waals surface area contributed by atoms with Crippen molar-refractivity contribution in [3.8, 4) is 5.69 Å². The Hall–Kier alpha value is -2.10. The zero-order chi connectivity index (χ0) is 21.1. The molecule has 0 spiro atoms. The van der Waals surface area contributed by atoms with Crippen molar-refractivity contribution in [2.75, 3.05) is 11.5 Å². The minimum Gasteiger partial charge on any atom is -0.351 e. The summed E-state index contributed by atoms with van der Waals surface area (Å²) in [5.74, 6) is 0.462. The smallest absolute Gasteiger partial charge is 0.272 e. The number of aromatic nitrogens is 2. The van der Waals surface area contributed by atoms with E-state index in [2.05, 4.69) is 26.2 Å². The number of benzene rings is 2. The lowest BCUT2D eigenvalue weighted by atomic mass is 10.2. The SMILES string of the molecule is O=C(CSc1nc2c(c(=O)n1-c1ccc(Br)cc1)SCC2)NCc1ccc(F)cc1. The number of nitrogens with one attached hydrogen (secondary N) is 1. The summed E-state index contributed by atoms with van der Waals surface area (Å²) in [4.78, 5) is 30.8. The molecule has 0 fully saturated rings. The lowest BCUT2D eigenvalue weighted by Gasteiger charge is -2.14. The van der Waals surface area contributed by atoms with Crippen molar-refractivity contribution < 1.29 is 9.18 Å². The fourth-order valence-electron chi connectivity index (χ4n) is 2.99. The van der Waals surface area contributed by atoms with E-state index in [1.807, 2.05) is 24.3 Å². The van der Waals surface area contributed by atoms with Gasteiger partial charge >= 0.3 is 0 Å².